The van der Waals surface area contributed by atoms with E-state index in [0.717, 1.165) is 25.1 Å². The molecule has 2 rings (SSSR count). The summed E-state index contributed by atoms with van der Waals surface area (Å²) in [5, 5.41) is 12.4. The molecule has 0 saturated carbocycles. The molecule has 0 spiro atoms. The minimum Gasteiger partial charge on any atom is -0.445 e. The first kappa shape index (κ1) is 16.8. The Balaban J connectivity index is 1.77. The number of rotatable bonds is 6. The molecule has 1 aliphatic heterocycles. The Bertz CT molecular complexity index is 464. The maximum absolute atomic E-state index is 11.9. The van der Waals surface area contributed by atoms with Crippen LogP contribution in [0.2, 0.25) is 0 Å². The molecule has 0 aromatic heterocycles. The van der Waals surface area contributed by atoms with Gasteiger partial charge in [-0.15, -0.1) is 0 Å². The monoisotopic (exact) mass is 305 g/mol. The van der Waals surface area contributed by atoms with Crippen molar-refractivity contribution in [3.05, 3.63) is 41.8 Å². The third-order valence-corrected chi connectivity index (χ3v) is 3.79. The molecule has 5 heteroatoms. The van der Waals surface area contributed by atoms with Gasteiger partial charge in [-0.3, -0.25) is 4.90 Å². The molecule has 121 valence electrons. The van der Waals surface area contributed by atoms with Crippen molar-refractivity contribution in [3.8, 4) is 0 Å². The molecule has 1 fully saturated rings. The van der Waals surface area contributed by atoms with Crippen LogP contribution in [0.1, 0.15) is 25.8 Å². The summed E-state index contributed by atoms with van der Waals surface area (Å²) in [5.41, 5.74) is 0.968. The summed E-state index contributed by atoms with van der Waals surface area (Å²) in [6, 6.07) is 9.74. The minimum atomic E-state index is -0.399. The van der Waals surface area contributed by atoms with E-state index in [1.165, 1.54) is 5.92 Å². The highest BCUT2D eigenvalue weighted by Crippen LogP contribution is 2.19. The van der Waals surface area contributed by atoms with Gasteiger partial charge in [0.1, 0.15) is 6.61 Å². The average molecular weight is 305 g/mol. The first-order valence-corrected chi connectivity index (χ1v) is 7.69. The molecular formula is C17H25N2O3. The topological polar surface area (TPSA) is 61.8 Å². The van der Waals surface area contributed by atoms with E-state index in [1.807, 2.05) is 30.3 Å². The summed E-state index contributed by atoms with van der Waals surface area (Å²) in [4.78, 5) is 14.1. The van der Waals surface area contributed by atoms with Crippen LogP contribution in [0.25, 0.3) is 0 Å². The molecular weight excluding hydrogens is 280 g/mol. The number of carbonyl (C=O) groups excluding carboxylic acids is 1. The Morgan fingerprint density at radius 1 is 1.36 bits per heavy atom. The van der Waals surface area contributed by atoms with Gasteiger partial charge in [-0.1, -0.05) is 44.2 Å². The normalized spacial score (nSPS) is 22.0. The van der Waals surface area contributed by atoms with Gasteiger partial charge >= 0.3 is 6.09 Å². The number of likely N-dealkylation sites (tertiary alicyclic amines) is 1. The lowest BCUT2D eigenvalue weighted by molar-refractivity contribution is 0.135. The van der Waals surface area contributed by atoms with Crippen LogP contribution in [0.4, 0.5) is 4.79 Å². The molecule has 1 saturated heterocycles. The second-order valence-corrected chi connectivity index (χ2v) is 6.11. The lowest BCUT2D eigenvalue weighted by Crippen LogP contribution is -2.38. The number of nitrogens with zero attached hydrogens (tertiary/aromatic N) is 1. The summed E-state index contributed by atoms with van der Waals surface area (Å²) in [6.45, 7) is 6.13. The van der Waals surface area contributed by atoms with E-state index >= 15 is 0 Å². The second-order valence-electron chi connectivity index (χ2n) is 6.11. The SMILES string of the molecule is C[C](C)CN1C[C@H](NC(=O)OCc2ccccc2)C[C@H]1CO. The number of nitrogens with one attached hydrogen (secondary N) is 1. The maximum Gasteiger partial charge on any atom is 0.407 e. The highest BCUT2D eigenvalue weighted by atomic mass is 16.5. The summed E-state index contributed by atoms with van der Waals surface area (Å²) >= 11 is 0. The van der Waals surface area contributed by atoms with Crippen molar-refractivity contribution in [2.75, 3.05) is 19.7 Å². The number of hydrogen-bond donors (Lipinski definition) is 2. The number of aliphatic hydroxyl groups is 1. The van der Waals surface area contributed by atoms with Crippen molar-refractivity contribution in [1.29, 1.82) is 0 Å². The minimum absolute atomic E-state index is 0.0276. The third-order valence-electron chi connectivity index (χ3n) is 3.79. The van der Waals surface area contributed by atoms with Crippen molar-refractivity contribution >= 4 is 6.09 Å². The first-order valence-electron chi connectivity index (χ1n) is 7.69. The van der Waals surface area contributed by atoms with E-state index in [1.54, 1.807) is 0 Å². The standard InChI is InChI=1S/C17H25N2O3/c1-13(2)9-19-10-15(8-16(19)11-20)18-17(21)22-12-14-6-4-3-5-7-14/h3-7,15-16,20H,8-12H2,1-2H3,(H,18,21)/t15-,16+/m1/s1. The average Bonchev–Trinajstić information content (AvgIpc) is 2.87. The molecule has 1 aromatic rings. The second kappa shape index (κ2) is 8.15. The van der Waals surface area contributed by atoms with Crippen LogP contribution in [0, 0.1) is 5.92 Å². The fourth-order valence-corrected chi connectivity index (χ4v) is 2.81. The molecule has 1 amide bonds. The van der Waals surface area contributed by atoms with E-state index < -0.39 is 6.09 Å². The molecule has 1 radical (unpaired) electrons. The van der Waals surface area contributed by atoms with Gasteiger partial charge < -0.3 is 15.2 Å². The van der Waals surface area contributed by atoms with Crippen LogP contribution in [-0.2, 0) is 11.3 Å². The van der Waals surface area contributed by atoms with Crippen molar-refractivity contribution < 1.29 is 14.6 Å². The van der Waals surface area contributed by atoms with Crippen molar-refractivity contribution in [3.63, 3.8) is 0 Å². The number of alkyl carbamates (subject to hydrolysis) is 1. The highest BCUT2D eigenvalue weighted by molar-refractivity contribution is 5.67. The molecule has 1 aromatic carbocycles. The molecule has 22 heavy (non-hydrogen) atoms. The zero-order valence-electron chi connectivity index (χ0n) is 13.3. The van der Waals surface area contributed by atoms with E-state index in [4.69, 9.17) is 4.74 Å². The fraction of sp³-hybridized carbons (Fsp3) is 0.529. The molecule has 2 atom stereocenters. The highest BCUT2D eigenvalue weighted by Gasteiger charge is 2.32. The van der Waals surface area contributed by atoms with Gasteiger partial charge in [0, 0.05) is 25.2 Å². The van der Waals surface area contributed by atoms with Crippen LogP contribution in [0.3, 0.4) is 0 Å². The predicted molar refractivity (Wildman–Crippen MR) is 85.2 cm³/mol. The number of ether oxygens (including phenoxy) is 1. The molecule has 0 bridgehead atoms. The number of hydrogen-bond acceptors (Lipinski definition) is 4. The van der Waals surface area contributed by atoms with Gasteiger partial charge in [0.15, 0.2) is 0 Å². The van der Waals surface area contributed by atoms with Crippen molar-refractivity contribution in [2.24, 2.45) is 0 Å². The number of benzene rings is 1. The van der Waals surface area contributed by atoms with Crippen molar-refractivity contribution in [2.45, 2.75) is 39.0 Å². The first-order chi connectivity index (χ1) is 10.6. The van der Waals surface area contributed by atoms with Crippen LogP contribution in [0.15, 0.2) is 30.3 Å². The van der Waals surface area contributed by atoms with Crippen LogP contribution in [-0.4, -0.2) is 47.9 Å². The number of aliphatic hydroxyl groups excluding tert-OH is 1. The smallest absolute Gasteiger partial charge is 0.407 e. The number of amides is 1. The van der Waals surface area contributed by atoms with Crippen LogP contribution >= 0.6 is 0 Å². The third kappa shape index (κ3) is 5.00. The zero-order valence-corrected chi connectivity index (χ0v) is 13.3. The van der Waals surface area contributed by atoms with Crippen LogP contribution < -0.4 is 5.32 Å². The van der Waals surface area contributed by atoms with E-state index in [0.29, 0.717) is 0 Å². The summed E-state index contributed by atoms with van der Waals surface area (Å²) in [7, 11) is 0. The molecule has 0 unspecified atom stereocenters. The predicted octanol–water partition coefficient (Wildman–Crippen LogP) is 1.96. The maximum atomic E-state index is 11.9. The van der Waals surface area contributed by atoms with Gasteiger partial charge in [0.2, 0.25) is 0 Å². The van der Waals surface area contributed by atoms with Gasteiger partial charge in [0.05, 0.1) is 6.61 Å². The fourth-order valence-electron chi connectivity index (χ4n) is 2.81. The van der Waals surface area contributed by atoms with Crippen LogP contribution in [0.5, 0.6) is 0 Å². The summed E-state index contributed by atoms with van der Waals surface area (Å²) in [5.74, 6) is 1.30. The lowest BCUT2D eigenvalue weighted by atomic mass is 10.1. The quantitative estimate of drug-likeness (QED) is 0.843. The Morgan fingerprint density at radius 2 is 2.09 bits per heavy atom. The lowest BCUT2D eigenvalue weighted by Gasteiger charge is -2.23. The van der Waals surface area contributed by atoms with E-state index in [9.17, 15) is 9.90 Å². The Kier molecular flexibility index (Phi) is 6.21. The molecule has 1 heterocycles. The van der Waals surface area contributed by atoms with Crippen molar-refractivity contribution in [1.82, 2.24) is 10.2 Å². The van der Waals surface area contributed by atoms with Gasteiger partial charge in [-0.2, -0.15) is 0 Å². The molecule has 1 aliphatic rings. The summed E-state index contributed by atoms with van der Waals surface area (Å²) < 4.78 is 5.24. The Labute approximate surface area is 132 Å². The number of carbonyl (C=O) groups is 1. The van der Waals surface area contributed by atoms with Gasteiger partial charge in [-0.05, 0) is 17.9 Å². The Morgan fingerprint density at radius 3 is 2.73 bits per heavy atom. The van der Waals surface area contributed by atoms with E-state index in [2.05, 4.69) is 24.1 Å². The van der Waals surface area contributed by atoms with Gasteiger partial charge in [0.25, 0.3) is 0 Å². The molecule has 0 aliphatic carbocycles. The van der Waals surface area contributed by atoms with Gasteiger partial charge in [-0.25, -0.2) is 4.79 Å². The summed E-state index contributed by atoms with van der Waals surface area (Å²) in [6.07, 6.45) is 0.356. The Hall–Kier alpha value is -1.59. The largest absolute Gasteiger partial charge is 0.445 e. The van der Waals surface area contributed by atoms with E-state index in [-0.39, 0.29) is 25.3 Å². The molecule has 2 N–H and O–H groups in total. The molecule has 5 nitrogen and oxygen atoms in total. The zero-order chi connectivity index (χ0) is 15.9.